The maximum absolute atomic E-state index is 14.0. The van der Waals surface area contributed by atoms with Crippen molar-refractivity contribution >= 4 is 23.5 Å². The Kier molecular flexibility index (Phi) is 4.82. The Balaban J connectivity index is 2.56. The van der Waals surface area contributed by atoms with E-state index in [1.165, 1.54) is 0 Å². The van der Waals surface area contributed by atoms with Gasteiger partial charge in [-0.15, -0.1) is 0 Å². The van der Waals surface area contributed by atoms with Crippen LogP contribution in [0.4, 0.5) is 19.3 Å². The quantitative estimate of drug-likeness (QED) is 0.633. The van der Waals surface area contributed by atoms with Crippen LogP contribution >= 0.6 is 0 Å². The second kappa shape index (κ2) is 6.65. The number of hydrogen-bond acceptors (Lipinski definition) is 5. The molecule has 24 heavy (non-hydrogen) atoms. The van der Waals surface area contributed by atoms with E-state index in [0.29, 0.717) is 23.8 Å². The number of urea groups is 1. The Labute approximate surface area is 136 Å². The predicted octanol–water partition coefficient (Wildman–Crippen LogP) is 1.19. The molecule has 7 nitrogen and oxygen atoms in total. The normalized spacial score (nSPS) is 15.3. The first-order valence-corrected chi connectivity index (χ1v) is 7.20. The highest BCUT2D eigenvalue weighted by molar-refractivity contribution is 6.37. The van der Waals surface area contributed by atoms with Crippen molar-refractivity contribution in [3.8, 4) is 0 Å². The van der Waals surface area contributed by atoms with E-state index in [0.717, 1.165) is 17.0 Å². The third-order valence-corrected chi connectivity index (χ3v) is 3.47. The smallest absolute Gasteiger partial charge is 0.338 e. The van der Waals surface area contributed by atoms with Crippen LogP contribution in [0.25, 0.3) is 0 Å². The van der Waals surface area contributed by atoms with Gasteiger partial charge in [-0.3, -0.25) is 14.5 Å². The lowest BCUT2D eigenvalue weighted by molar-refractivity contribution is -0.129. The zero-order chi connectivity index (χ0) is 18.0. The number of barbiturate groups is 1. The predicted molar refractivity (Wildman–Crippen MR) is 81.3 cm³/mol. The highest BCUT2D eigenvalue weighted by Gasteiger charge is 2.44. The van der Waals surface area contributed by atoms with Crippen LogP contribution in [0, 0.1) is 11.6 Å². The molecule has 0 saturated carbocycles. The molecule has 1 aromatic rings. The standard InChI is InChI=1S/C15H16F2N4O3/c1-2-3-6-20-13(22)11(12(18)19)14(23)21(15(20)24)10-5-4-8(16)7-9(10)17/h4-5,7H,2-3,6,18-19H2,1H3. The number of carbonyl (C=O) groups excluding carboxylic acids is 3. The molecule has 1 aromatic carbocycles. The third-order valence-electron chi connectivity index (χ3n) is 3.47. The first-order valence-electron chi connectivity index (χ1n) is 7.20. The van der Waals surface area contributed by atoms with Gasteiger partial charge in [-0.2, -0.15) is 0 Å². The van der Waals surface area contributed by atoms with Crippen molar-refractivity contribution in [2.24, 2.45) is 11.5 Å². The number of hydrogen-bond donors (Lipinski definition) is 2. The van der Waals surface area contributed by atoms with Crippen LogP contribution in [0.2, 0.25) is 0 Å². The summed E-state index contributed by atoms with van der Waals surface area (Å²) in [5.74, 6) is -4.66. The van der Waals surface area contributed by atoms with Crippen LogP contribution in [0.1, 0.15) is 19.8 Å². The van der Waals surface area contributed by atoms with Crippen LogP contribution < -0.4 is 16.4 Å². The number of carbonyl (C=O) groups is 3. The number of nitrogens with zero attached hydrogens (tertiary/aromatic N) is 2. The maximum Gasteiger partial charge on any atom is 0.338 e. The molecule has 1 saturated heterocycles. The van der Waals surface area contributed by atoms with Crippen LogP contribution in [-0.4, -0.2) is 29.3 Å². The fourth-order valence-electron chi connectivity index (χ4n) is 2.27. The molecular formula is C15H16F2N4O3. The molecule has 1 aliphatic rings. The first kappa shape index (κ1) is 17.4. The minimum absolute atomic E-state index is 0.0114. The first-order chi connectivity index (χ1) is 11.3. The van der Waals surface area contributed by atoms with Crippen molar-refractivity contribution in [3.63, 3.8) is 0 Å². The van der Waals surface area contributed by atoms with Gasteiger partial charge in [-0.05, 0) is 18.6 Å². The number of anilines is 1. The van der Waals surface area contributed by atoms with E-state index in [1.807, 2.05) is 6.92 Å². The molecule has 0 aromatic heterocycles. The van der Waals surface area contributed by atoms with Crippen molar-refractivity contribution in [2.45, 2.75) is 19.8 Å². The average molecular weight is 338 g/mol. The van der Waals surface area contributed by atoms with Gasteiger partial charge in [0.2, 0.25) is 0 Å². The van der Waals surface area contributed by atoms with Gasteiger partial charge >= 0.3 is 6.03 Å². The monoisotopic (exact) mass is 338 g/mol. The van der Waals surface area contributed by atoms with E-state index in [4.69, 9.17) is 11.5 Å². The molecule has 0 bridgehead atoms. The number of imide groups is 2. The molecule has 4 N–H and O–H groups in total. The molecule has 0 radical (unpaired) electrons. The fourth-order valence-corrected chi connectivity index (χ4v) is 2.27. The van der Waals surface area contributed by atoms with Gasteiger partial charge in [0.05, 0.1) is 5.69 Å². The highest BCUT2D eigenvalue weighted by atomic mass is 19.1. The Hall–Kier alpha value is -2.97. The van der Waals surface area contributed by atoms with Crippen molar-refractivity contribution in [1.82, 2.24) is 4.90 Å². The Morgan fingerprint density at radius 3 is 2.33 bits per heavy atom. The van der Waals surface area contributed by atoms with Crippen molar-refractivity contribution < 1.29 is 23.2 Å². The van der Waals surface area contributed by atoms with Gasteiger partial charge in [0.25, 0.3) is 11.8 Å². The molecule has 1 fully saturated rings. The number of halogens is 2. The Morgan fingerprint density at radius 2 is 1.79 bits per heavy atom. The Bertz CT molecular complexity index is 744. The number of rotatable bonds is 4. The van der Waals surface area contributed by atoms with Gasteiger partial charge in [-0.25, -0.2) is 18.5 Å². The van der Waals surface area contributed by atoms with E-state index in [1.54, 1.807) is 0 Å². The van der Waals surface area contributed by atoms with Crippen molar-refractivity contribution in [1.29, 1.82) is 0 Å². The number of unbranched alkanes of at least 4 members (excludes halogenated alkanes) is 1. The molecule has 0 unspecified atom stereocenters. The molecule has 0 spiro atoms. The summed E-state index contributed by atoms with van der Waals surface area (Å²) >= 11 is 0. The molecule has 1 aliphatic heterocycles. The van der Waals surface area contributed by atoms with Crippen molar-refractivity contribution in [2.75, 3.05) is 11.4 Å². The summed E-state index contributed by atoms with van der Waals surface area (Å²) in [6.07, 6.45) is 1.15. The van der Waals surface area contributed by atoms with E-state index >= 15 is 0 Å². The van der Waals surface area contributed by atoms with E-state index in [9.17, 15) is 23.2 Å². The second-order valence-electron chi connectivity index (χ2n) is 5.16. The number of amides is 4. The van der Waals surface area contributed by atoms with Gasteiger partial charge in [0.1, 0.15) is 23.0 Å². The number of nitrogens with two attached hydrogens (primary N) is 2. The average Bonchev–Trinajstić information content (AvgIpc) is 2.49. The fraction of sp³-hybridized carbons (Fsp3) is 0.267. The van der Waals surface area contributed by atoms with Crippen LogP contribution in [-0.2, 0) is 9.59 Å². The summed E-state index contributed by atoms with van der Waals surface area (Å²) in [7, 11) is 0. The lowest BCUT2D eigenvalue weighted by atomic mass is 10.1. The lowest BCUT2D eigenvalue weighted by Gasteiger charge is -2.34. The van der Waals surface area contributed by atoms with Crippen molar-refractivity contribution in [3.05, 3.63) is 41.2 Å². The zero-order valence-electron chi connectivity index (χ0n) is 12.9. The lowest BCUT2D eigenvalue weighted by Crippen LogP contribution is -2.58. The van der Waals surface area contributed by atoms with Gasteiger partial charge in [0.15, 0.2) is 0 Å². The number of benzene rings is 1. The summed E-state index contributed by atoms with van der Waals surface area (Å²) in [6, 6.07) is 1.31. The van der Waals surface area contributed by atoms with Crippen LogP contribution in [0.3, 0.4) is 0 Å². The van der Waals surface area contributed by atoms with Gasteiger partial charge in [-0.1, -0.05) is 13.3 Å². The molecular weight excluding hydrogens is 322 g/mol. The molecule has 1 heterocycles. The minimum Gasteiger partial charge on any atom is -0.385 e. The summed E-state index contributed by atoms with van der Waals surface area (Å²) in [5.41, 5.74) is 9.67. The van der Waals surface area contributed by atoms with E-state index in [2.05, 4.69) is 0 Å². The second-order valence-corrected chi connectivity index (χ2v) is 5.16. The largest absolute Gasteiger partial charge is 0.385 e. The molecule has 0 aliphatic carbocycles. The molecule has 4 amide bonds. The summed E-state index contributed by atoms with van der Waals surface area (Å²) in [4.78, 5) is 38.4. The molecule has 9 heteroatoms. The maximum atomic E-state index is 14.0. The van der Waals surface area contributed by atoms with Crippen LogP contribution in [0.5, 0.6) is 0 Å². The summed E-state index contributed by atoms with van der Waals surface area (Å²) in [6.45, 7) is 1.85. The highest BCUT2D eigenvalue weighted by Crippen LogP contribution is 2.27. The Morgan fingerprint density at radius 1 is 1.12 bits per heavy atom. The van der Waals surface area contributed by atoms with Gasteiger partial charge in [0, 0.05) is 12.6 Å². The SMILES string of the molecule is CCCCN1C(=O)C(=C(N)N)C(=O)N(c2ccc(F)cc2F)C1=O. The summed E-state index contributed by atoms with van der Waals surface area (Å²) in [5, 5.41) is 0. The zero-order valence-corrected chi connectivity index (χ0v) is 12.9. The van der Waals surface area contributed by atoms with E-state index < -0.39 is 46.6 Å². The molecule has 0 atom stereocenters. The van der Waals surface area contributed by atoms with E-state index in [-0.39, 0.29) is 6.54 Å². The van der Waals surface area contributed by atoms with Gasteiger partial charge < -0.3 is 11.5 Å². The minimum atomic E-state index is -1.15. The molecule has 128 valence electrons. The topological polar surface area (TPSA) is 110 Å². The third kappa shape index (κ3) is 2.92. The van der Waals surface area contributed by atoms with Crippen LogP contribution in [0.15, 0.2) is 29.6 Å². The summed E-state index contributed by atoms with van der Waals surface area (Å²) < 4.78 is 27.1. The molecule has 2 rings (SSSR count).